The zero-order valence-electron chi connectivity index (χ0n) is 29.9. The molecule has 0 aromatic heterocycles. The number of allylic oxidation sites excluding steroid dienone is 1. The molecule has 3 amide bonds. The lowest BCUT2D eigenvalue weighted by atomic mass is 9.91. The van der Waals surface area contributed by atoms with Gasteiger partial charge in [-0.25, -0.2) is 0 Å². The molecule has 3 N–H and O–H groups in total. The number of nitrogens with one attached hydrogen (secondary N) is 3. The summed E-state index contributed by atoms with van der Waals surface area (Å²) in [7, 11) is 5.18. The minimum atomic E-state index is -1.46. The molecule has 1 fully saturated rings. The Kier molecular flexibility index (Phi) is 15.1. The Morgan fingerprint density at radius 3 is 2.38 bits per heavy atom. The summed E-state index contributed by atoms with van der Waals surface area (Å²) in [5, 5.41) is 20.1. The highest BCUT2D eigenvalue weighted by Crippen LogP contribution is 2.44. The first-order valence-corrected chi connectivity index (χ1v) is 17.1. The molecule has 50 heavy (non-hydrogen) atoms. The van der Waals surface area contributed by atoms with E-state index in [9.17, 15) is 24.3 Å². The number of benzene rings is 2. The second-order valence-corrected chi connectivity index (χ2v) is 14.0. The van der Waals surface area contributed by atoms with Gasteiger partial charge in [-0.05, 0) is 83.0 Å². The minimum Gasteiger partial charge on any atom is -0.548 e. The van der Waals surface area contributed by atoms with E-state index in [1.165, 1.54) is 19.3 Å². The fourth-order valence-corrected chi connectivity index (χ4v) is 5.44. The fraction of sp³-hybridized carbons (Fsp3) is 0.474. The van der Waals surface area contributed by atoms with Gasteiger partial charge in [0.15, 0.2) is 0 Å². The number of hydrogen-bond donors (Lipinski definition) is 3. The first-order chi connectivity index (χ1) is 23.6. The van der Waals surface area contributed by atoms with Crippen molar-refractivity contribution in [2.75, 3.05) is 27.7 Å². The highest BCUT2D eigenvalue weighted by Gasteiger charge is 2.43. The van der Waals surface area contributed by atoms with Crippen LogP contribution in [0, 0.1) is 11.3 Å². The van der Waals surface area contributed by atoms with Gasteiger partial charge >= 0.3 is 0 Å². The largest absolute Gasteiger partial charge is 0.548 e. The summed E-state index contributed by atoms with van der Waals surface area (Å²) >= 11 is 6.32. The smallest absolute Gasteiger partial charge is 0.244 e. The molecule has 6 atom stereocenters. The van der Waals surface area contributed by atoms with Gasteiger partial charge in [0.25, 0.3) is 0 Å². The highest BCUT2D eigenvalue weighted by atomic mass is 35.5. The van der Waals surface area contributed by atoms with Crippen molar-refractivity contribution in [3.8, 4) is 5.75 Å². The summed E-state index contributed by atoms with van der Waals surface area (Å²) in [5.74, 6) is -2.26. The lowest BCUT2D eigenvalue weighted by Crippen LogP contribution is -2.54. The third-order valence-corrected chi connectivity index (χ3v) is 9.11. The van der Waals surface area contributed by atoms with E-state index in [4.69, 9.17) is 21.1 Å². The molecule has 2 unspecified atom stereocenters. The first-order valence-electron chi connectivity index (χ1n) is 16.8. The number of methoxy groups -OCH3 is 1. The molecule has 12 heteroatoms. The molecular weight excluding hydrogens is 660 g/mol. The van der Waals surface area contributed by atoms with Crippen LogP contribution in [0.4, 0.5) is 0 Å². The van der Waals surface area contributed by atoms with Crippen molar-refractivity contribution in [3.63, 3.8) is 0 Å². The van der Waals surface area contributed by atoms with Gasteiger partial charge < -0.3 is 40.2 Å². The third kappa shape index (κ3) is 12.3. The number of carbonyl (C=O) groups is 4. The minimum absolute atomic E-state index is 0.0720. The van der Waals surface area contributed by atoms with Crippen molar-refractivity contribution in [2.45, 2.75) is 77.3 Å². The van der Waals surface area contributed by atoms with E-state index in [-0.39, 0.29) is 31.2 Å². The lowest BCUT2D eigenvalue weighted by molar-refractivity contribution is -0.306. The van der Waals surface area contributed by atoms with Crippen LogP contribution in [-0.2, 0) is 30.3 Å². The van der Waals surface area contributed by atoms with Gasteiger partial charge in [-0.1, -0.05) is 73.2 Å². The van der Waals surface area contributed by atoms with E-state index < -0.39 is 41.2 Å². The van der Waals surface area contributed by atoms with E-state index in [0.29, 0.717) is 28.7 Å². The molecule has 0 spiro atoms. The Balaban J connectivity index is 1.62. The maximum Gasteiger partial charge on any atom is 0.244 e. The monoisotopic (exact) mass is 709 g/mol. The molecule has 1 saturated heterocycles. The van der Waals surface area contributed by atoms with Crippen molar-refractivity contribution in [1.29, 1.82) is 0 Å². The van der Waals surface area contributed by atoms with E-state index in [0.717, 1.165) is 12.0 Å². The quantitative estimate of drug-likeness (QED) is 0.114. The van der Waals surface area contributed by atoms with E-state index in [1.807, 2.05) is 44.1 Å². The van der Waals surface area contributed by atoms with Gasteiger partial charge in [0, 0.05) is 19.0 Å². The molecule has 11 nitrogen and oxygen atoms in total. The molecule has 0 saturated carbocycles. The van der Waals surface area contributed by atoms with Crippen LogP contribution in [-0.4, -0.2) is 80.6 Å². The number of carboxylic acids is 1. The van der Waals surface area contributed by atoms with Crippen molar-refractivity contribution >= 4 is 35.3 Å². The predicted molar refractivity (Wildman–Crippen MR) is 191 cm³/mol. The lowest BCUT2D eigenvalue weighted by Gasteiger charge is -2.28. The summed E-state index contributed by atoms with van der Waals surface area (Å²) in [6.07, 6.45) is 8.06. The average Bonchev–Trinajstić information content (AvgIpc) is 3.88. The molecule has 1 heterocycles. The van der Waals surface area contributed by atoms with E-state index >= 15 is 0 Å². The molecule has 2 aromatic rings. The standard InChI is InChI=1S/C38H51ClN4O7/c1-24(33-34(50-33)27-14-9-8-10-15-27)13-11-12-16-32(44)41-30(22-26-18-20-31(49-7)28(39)21-26)35(45)40-23-38(3,4)37(48)42-29(36(46)47)19-17-25(2)43(5)6/h8-10,12,14-21,24-25,29-30,33-34H,11,13,22-23H2,1-7H3,(H,40,45)(H,41,44)(H,42,48)(H,46,47)/p-1/b16-12+,19-17+/t24-,25?,29-,30+,33?,34+/m0/s1. The molecule has 1 aliphatic rings. The number of amides is 3. The maximum absolute atomic E-state index is 13.5. The van der Waals surface area contributed by atoms with Gasteiger partial charge in [-0.2, -0.15) is 0 Å². The molecule has 272 valence electrons. The van der Waals surface area contributed by atoms with Crippen molar-refractivity contribution in [3.05, 3.63) is 89.0 Å². The summed E-state index contributed by atoms with van der Waals surface area (Å²) in [4.78, 5) is 53.3. The average molecular weight is 710 g/mol. The number of aliphatic carboxylic acids is 1. The first kappa shape index (κ1) is 40.2. The number of rotatable bonds is 19. The Bertz CT molecular complexity index is 1530. The van der Waals surface area contributed by atoms with E-state index in [2.05, 4.69) is 35.0 Å². The predicted octanol–water partition coefficient (Wildman–Crippen LogP) is 3.37. The topological polar surface area (TPSA) is 152 Å². The highest BCUT2D eigenvalue weighted by molar-refractivity contribution is 6.32. The SMILES string of the molecule is COc1ccc(C[C@@H](NC(=O)/C=C/CC[C@H](C)C2O[C@@H]2c2ccccc2)C(=O)NCC(C)(C)C(=O)N[C@@H](/C=C/C(C)N(C)C)C(=O)[O-])cc1Cl. The number of hydrogen-bond acceptors (Lipinski definition) is 8. The van der Waals surface area contributed by atoms with Crippen LogP contribution >= 0.6 is 11.6 Å². The second kappa shape index (κ2) is 18.7. The second-order valence-electron chi connectivity index (χ2n) is 13.6. The molecule has 0 bridgehead atoms. The third-order valence-electron chi connectivity index (χ3n) is 8.82. The van der Waals surface area contributed by atoms with Gasteiger partial charge in [-0.3, -0.25) is 14.4 Å². The zero-order valence-corrected chi connectivity index (χ0v) is 30.7. The van der Waals surface area contributed by atoms with Crippen molar-refractivity contribution in [1.82, 2.24) is 20.9 Å². The Hall–Kier alpha value is -4.19. The van der Waals surface area contributed by atoms with Gasteiger partial charge in [0.2, 0.25) is 17.7 Å². The van der Waals surface area contributed by atoms with Crippen LogP contribution in [0.1, 0.15) is 57.8 Å². The Morgan fingerprint density at radius 1 is 1.06 bits per heavy atom. The van der Waals surface area contributed by atoms with E-state index in [1.54, 1.807) is 44.2 Å². The number of carbonyl (C=O) groups excluding carboxylic acids is 4. The van der Waals surface area contributed by atoms with Crippen LogP contribution in [0.3, 0.4) is 0 Å². The normalized spacial score (nSPS) is 18.3. The Labute approximate surface area is 300 Å². The molecule has 2 aromatic carbocycles. The molecule has 0 radical (unpaired) electrons. The molecule has 1 aliphatic heterocycles. The summed E-state index contributed by atoms with van der Waals surface area (Å²) < 4.78 is 11.1. The fourth-order valence-electron chi connectivity index (χ4n) is 5.16. The summed E-state index contributed by atoms with van der Waals surface area (Å²) in [6.45, 7) is 7.03. The van der Waals surface area contributed by atoms with Crippen molar-refractivity contribution in [2.24, 2.45) is 11.3 Å². The van der Waals surface area contributed by atoms with Crippen LogP contribution in [0.25, 0.3) is 0 Å². The number of likely N-dealkylation sites (N-methyl/N-ethyl adjacent to an activating group) is 1. The summed E-state index contributed by atoms with van der Waals surface area (Å²) in [5.41, 5.74) is 0.637. The number of halogens is 1. The number of epoxide rings is 1. The number of carboxylic acid groups (broad SMARTS) is 1. The molecule has 3 rings (SSSR count). The Morgan fingerprint density at radius 2 is 1.76 bits per heavy atom. The number of ether oxygens (including phenoxy) is 2. The molecule has 0 aliphatic carbocycles. The van der Waals surface area contributed by atoms with Crippen LogP contribution in [0.2, 0.25) is 5.02 Å². The zero-order chi connectivity index (χ0) is 37.0. The molecular formula is C38H50ClN4O7-. The van der Waals surface area contributed by atoms with Gasteiger partial charge in [0.05, 0.1) is 35.7 Å². The van der Waals surface area contributed by atoms with Crippen LogP contribution in [0.5, 0.6) is 5.75 Å². The number of nitrogens with zero attached hydrogens (tertiary/aromatic N) is 1. The van der Waals surface area contributed by atoms with Gasteiger partial charge in [-0.15, -0.1) is 0 Å². The maximum atomic E-state index is 13.5. The van der Waals surface area contributed by atoms with Crippen molar-refractivity contribution < 1.29 is 33.8 Å². The summed E-state index contributed by atoms with van der Waals surface area (Å²) in [6, 6.07) is 12.7. The van der Waals surface area contributed by atoms with Crippen LogP contribution in [0.15, 0.2) is 72.8 Å². The van der Waals surface area contributed by atoms with Gasteiger partial charge in [0.1, 0.15) is 17.9 Å². The van der Waals surface area contributed by atoms with Crippen LogP contribution < -0.4 is 25.8 Å².